The van der Waals surface area contributed by atoms with E-state index >= 15 is 0 Å². The Morgan fingerprint density at radius 1 is 1.10 bits per heavy atom. The number of hydrogen-bond donors (Lipinski definition) is 2. The van der Waals surface area contributed by atoms with Crippen molar-refractivity contribution in [3.8, 4) is 5.75 Å². The number of nitrogens with one attached hydrogen (secondary N) is 1. The zero-order valence-corrected chi connectivity index (χ0v) is 13.2. The molecule has 0 heterocycles. The first kappa shape index (κ1) is 15.8. The van der Waals surface area contributed by atoms with E-state index in [0.717, 1.165) is 0 Å². The summed E-state index contributed by atoms with van der Waals surface area (Å²) in [6.07, 6.45) is 0. The first-order valence-corrected chi connectivity index (χ1v) is 6.95. The lowest BCUT2D eigenvalue weighted by Gasteiger charge is -2.10. The summed E-state index contributed by atoms with van der Waals surface area (Å²) >= 11 is 17.7. The van der Waals surface area contributed by atoms with Crippen LogP contribution in [-0.4, -0.2) is 13.0 Å². The van der Waals surface area contributed by atoms with Crippen LogP contribution >= 0.6 is 34.8 Å². The van der Waals surface area contributed by atoms with Gasteiger partial charge in [-0.05, 0) is 24.3 Å². The SMILES string of the molecule is COc1cc(NC(=O)c2cc(Cl)c(N)c(Cl)c2)ccc1Cl. The van der Waals surface area contributed by atoms with Crippen molar-refractivity contribution in [1.29, 1.82) is 0 Å². The van der Waals surface area contributed by atoms with E-state index in [9.17, 15) is 4.79 Å². The number of halogens is 3. The largest absolute Gasteiger partial charge is 0.495 e. The monoisotopic (exact) mass is 344 g/mol. The minimum Gasteiger partial charge on any atom is -0.495 e. The van der Waals surface area contributed by atoms with Gasteiger partial charge in [-0.3, -0.25) is 4.79 Å². The number of hydrogen-bond acceptors (Lipinski definition) is 3. The predicted octanol–water partition coefficient (Wildman–Crippen LogP) is 4.49. The zero-order valence-electron chi connectivity index (χ0n) is 10.9. The van der Waals surface area contributed by atoms with Gasteiger partial charge in [0.2, 0.25) is 0 Å². The average molecular weight is 346 g/mol. The molecule has 7 heteroatoms. The van der Waals surface area contributed by atoms with Gasteiger partial charge in [0.25, 0.3) is 5.91 Å². The molecule has 0 atom stereocenters. The lowest BCUT2D eigenvalue weighted by Crippen LogP contribution is -2.12. The maximum Gasteiger partial charge on any atom is 0.255 e. The fraction of sp³-hybridized carbons (Fsp3) is 0.0714. The van der Waals surface area contributed by atoms with Crippen molar-refractivity contribution in [2.24, 2.45) is 0 Å². The van der Waals surface area contributed by atoms with Crippen molar-refractivity contribution in [2.75, 3.05) is 18.2 Å². The highest BCUT2D eigenvalue weighted by Crippen LogP contribution is 2.30. The number of nitrogen functional groups attached to an aromatic ring is 1. The van der Waals surface area contributed by atoms with Crippen LogP contribution in [0.2, 0.25) is 15.1 Å². The minimum atomic E-state index is -0.372. The summed E-state index contributed by atoms with van der Waals surface area (Å²) in [7, 11) is 1.49. The number of ether oxygens (including phenoxy) is 1. The Bertz CT molecular complexity index is 682. The van der Waals surface area contributed by atoms with Gasteiger partial charge in [0.15, 0.2) is 0 Å². The molecule has 21 heavy (non-hydrogen) atoms. The molecule has 0 aliphatic rings. The standard InChI is InChI=1S/C14H11Cl3N2O2/c1-21-12-6-8(2-3-9(12)15)19-14(20)7-4-10(16)13(18)11(17)5-7/h2-6H,18H2,1H3,(H,19,20). The molecule has 0 saturated heterocycles. The highest BCUT2D eigenvalue weighted by molar-refractivity contribution is 6.39. The molecule has 0 saturated carbocycles. The topological polar surface area (TPSA) is 64.3 Å². The molecule has 0 unspecified atom stereocenters. The molecule has 3 N–H and O–H groups in total. The van der Waals surface area contributed by atoms with Crippen LogP contribution in [0.15, 0.2) is 30.3 Å². The third kappa shape index (κ3) is 3.53. The summed E-state index contributed by atoms with van der Waals surface area (Å²) in [5.41, 5.74) is 6.70. The summed E-state index contributed by atoms with van der Waals surface area (Å²) in [4.78, 5) is 12.2. The van der Waals surface area contributed by atoms with Crippen LogP contribution in [0.4, 0.5) is 11.4 Å². The van der Waals surface area contributed by atoms with Gasteiger partial charge in [0.05, 0.1) is 27.9 Å². The second-order valence-electron chi connectivity index (χ2n) is 4.16. The van der Waals surface area contributed by atoms with Crippen LogP contribution in [0.3, 0.4) is 0 Å². The molecule has 110 valence electrons. The van der Waals surface area contributed by atoms with Gasteiger partial charge in [-0.2, -0.15) is 0 Å². The Morgan fingerprint density at radius 3 is 2.29 bits per heavy atom. The van der Waals surface area contributed by atoms with Gasteiger partial charge in [-0.15, -0.1) is 0 Å². The smallest absolute Gasteiger partial charge is 0.255 e. The van der Waals surface area contributed by atoms with Crippen LogP contribution in [0, 0.1) is 0 Å². The number of anilines is 2. The molecule has 0 spiro atoms. The van der Waals surface area contributed by atoms with E-state index in [4.69, 9.17) is 45.3 Å². The van der Waals surface area contributed by atoms with Crippen molar-refractivity contribution in [3.63, 3.8) is 0 Å². The number of nitrogens with two attached hydrogens (primary N) is 1. The summed E-state index contributed by atoms with van der Waals surface area (Å²) < 4.78 is 5.08. The second-order valence-corrected chi connectivity index (χ2v) is 5.38. The molecule has 4 nitrogen and oxygen atoms in total. The molecule has 0 radical (unpaired) electrons. The zero-order chi connectivity index (χ0) is 15.6. The fourth-order valence-corrected chi connectivity index (χ4v) is 2.34. The Hall–Kier alpha value is -1.62. The first-order chi connectivity index (χ1) is 9.92. The van der Waals surface area contributed by atoms with E-state index in [1.54, 1.807) is 18.2 Å². The van der Waals surface area contributed by atoms with E-state index in [2.05, 4.69) is 5.32 Å². The lowest BCUT2D eigenvalue weighted by atomic mass is 10.2. The third-order valence-corrected chi connectivity index (χ3v) is 3.69. The van der Waals surface area contributed by atoms with Crippen LogP contribution < -0.4 is 15.8 Å². The van der Waals surface area contributed by atoms with Gasteiger partial charge in [0.1, 0.15) is 5.75 Å². The van der Waals surface area contributed by atoms with Crippen LogP contribution in [-0.2, 0) is 0 Å². The van der Waals surface area contributed by atoms with Gasteiger partial charge in [0, 0.05) is 17.3 Å². The van der Waals surface area contributed by atoms with Gasteiger partial charge in [-0.25, -0.2) is 0 Å². The highest BCUT2D eigenvalue weighted by Gasteiger charge is 2.12. The average Bonchev–Trinajstić information content (AvgIpc) is 2.46. The molecule has 2 aromatic carbocycles. The van der Waals surface area contributed by atoms with E-state index in [-0.39, 0.29) is 21.6 Å². The summed E-state index contributed by atoms with van der Waals surface area (Å²) in [5.74, 6) is 0.0889. The number of carbonyl (C=O) groups excluding carboxylic acids is 1. The number of rotatable bonds is 3. The van der Waals surface area contributed by atoms with E-state index in [1.165, 1.54) is 19.2 Å². The lowest BCUT2D eigenvalue weighted by molar-refractivity contribution is 0.102. The van der Waals surface area contributed by atoms with Crippen molar-refractivity contribution < 1.29 is 9.53 Å². The second kappa shape index (κ2) is 6.43. The maximum absolute atomic E-state index is 12.2. The molecule has 2 rings (SSSR count). The number of methoxy groups -OCH3 is 1. The predicted molar refractivity (Wildman–Crippen MR) is 86.8 cm³/mol. The van der Waals surface area contributed by atoms with Crippen LogP contribution in [0.25, 0.3) is 0 Å². The maximum atomic E-state index is 12.2. The molecule has 0 bridgehead atoms. The van der Waals surface area contributed by atoms with Crippen molar-refractivity contribution in [3.05, 3.63) is 51.0 Å². The normalized spacial score (nSPS) is 10.3. The van der Waals surface area contributed by atoms with E-state index < -0.39 is 0 Å². The summed E-state index contributed by atoms with van der Waals surface area (Å²) in [6.45, 7) is 0. The summed E-state index contributed by atoms with van der Waals surface area (Å²) in [5, 5.41) is 3.60. The Balaban J connectivity index is 2.26. The molecular weight excluding hydrogens is 335 g/mol. The number of benzene rings is 2. The molecule has 0 aliphatic carbocycles. The minimum absolute atomic E-state index is 0.223. The fourth-order valence-electron chi connectivity index (χ4n) is 1.66. The van der Waals surface area contributed by atoms with Gasteiger partial charge in [-0.1, -0.05) is 34.8 Å². The molecule has 0 aliphatic heterocycles. The van der Waals surface area contributed by atoms with E-state index in [0.29, 0.717) is 22.0 Å². The van der Waals surface area contributed by atoms with Gasteiger partial charge < -0.3 is 15.8 Å². The third-order valence-electron chi connectivity index (χ3n) is 2.75. The van der Waals surface area contributed by atoms with Crippen LogP contribution in [0.5, 0.6) is 5.75 Å². The molecular formula is C14H11Cl3N2O2. The van der Waals surface area contributed by atoms with Gasteiger partial charge >= 0.3 is 0 Å². The highest BCUT2D eigenvalue weighted by atomic mass is 35.5. The first-order valence-electron chi connectivity index (χ1n) is 5.81. The summed E-state index contributed by atoms with van der Waals surface area (Å²) in [6, 6.07) is 7.79. The quantitative estimate of drug-likeness (QED) is 0.806. The Kier molecular flexibility index (Phi) is 4.83. The Labute approximate surface area is 136 Å². The van der Waals surface area contributed by atoms with Crippen LogP contribution in [0.1, 0.15) is 10.4 Å². The number of carbonyl (C=O) groups is 1. The Morgan fingerprint density at radius 2 is 1.71 bits per heavy atom. The van der Waals surface area contributed by atoms with Crippen molar-refractivity contribution >= 4 is 52.1 Å². The van der Waals surface area contributed by atoms with E-state index in [1.807, 2.05) is 0 Å². The van der Waals surface area contributed by atoms with Crippen molar-refractivity contribution in [1.82, 2.24) is 0 Å². The molecule has 0 aromatic heterocycles. The molecule has 0 fully saturated rings. The number of amides is 1. The molecule has 2 aromatic rings. The van der Waals surface area contributed by atoms with Crippen molar-refractivity contribution in [2.45, 2.75) is 0 Å². The molecule has 1 amide bonds.